The van der Waals surface area contributed by atoms with Gasteiger partial charge in [0.25, 0.3) is 5.91 Å². The average Bonchev–Trinajstić information content (AvgIpc) is 2.77. The Balaban J connectivity index is 1.36. The summed E-state index contributed by atoms with van der Waals surface area (Å²) in [5.74, 6) is -0.0670. The first kappa shape index (κ1) is 19.2. The largest absolute Gasteiger partial charge is 0.348 e. The predicted molar refractivity (Wildman–Crippen MR) is 109 cm³/mol. The van der Waals surface area contributed by atoms with E-state index in [0.29, 0.717) is 25.2 Å². The Labute approximate surface area is 170 Å². The van der Waals surface area contributed by atoms with Gasteiger partial charge < -0.3 is 15.1 Å². The zero-order valence-electron chi connectivity index (χ0n) is 16.3. The fourth-order valence-corrected chi connectivity index (χ4v) is 4.03. The van der Waals surface area contributed by atoms with Gasteiger partial charge in [0.1, 0.15) is 12.6 Å². The topological polar surface area (TPSA) is 69.7 Å². The summed E-state index contributed by atoms with van der Waals surface area (Å²) in [6.45, 7) is 1.69. The van der Waals surface area contributed by atoms with Crippen LogP contribution >= 0.6 is 0 Å². The molecule has 0 aromatic heterocycles. The Bertz CT molecular complexity index is 895. The molecule has 2 aromatic rings. The lowest BCUT2D eigenvalue weighted by Gasteiger charge is -2.42. The summed E-state index contributed by atoms with van der Waals surface area (Å²) in [6.07, 6.45) is 2.71. The monoisotopic (exact) mass is 391 g/mol. The van der Waals surface area contributed by atoms with Crippen LogP contribution in [0.5, 0.6) is 0 Å². The molecule has 2 heterocycles. The van der Waals surface area contributed by atoms with Crippen molar-refractivity contribution in [1.82, 2.24) is 15.1 Å². The number of carbonyl (C=O) groups excluding carboxylic acids is 3. The first-order valence-electron chi connectivity index (χ1n) is 10.1. The van der Waals surface area contributed by atoms with Crippen molar-refractivity contribution in [2.24, 2.45) is 0 Å². The molecule has 0 saturated carbocycles. The van der Waals surface area contributed by atoms with Crippen LogP contribution in [-0.2, 0) is 22.7 Å². The molecule has 0 unspecified atom stereocenters. The van der Waals surface area contributed by atoms with Gasteiger partial charge in [0.2, 0.25) is 11.8 Å². The minimum Gasteiger partial charge on any atom is -0.348 e. The highest BCUT2D eigenvalue weighted by Crippen LogP contribution is 2.24. The summed E-state index contributed by atoms with van der Waals surface area (Å²) in [6, 6.07) is 16.7. The number of piperidine rings is 1. The van der Waals surface area contributed by atoms with Crippen molar-refractivity contribution in [3.8, 4) is 0 Å². The van der Waals surface area contributed by atoms with E-state index >= 15 is 0 Å². The number of hydrogen-bond donors (Lipinski definition) is 1. The molecule has 1 atom stereocenters. The lowest BCUT2D eigenvalue weighted by Crippen LogP contribution is -2.60. The Morgan fingerprint density at radius 2 is 1.72 bits per heavy atom. The molecule has 6 nitrogen and oxygen atoms in total. The fraction of sp³-hybridized carbons (Fsp3) is 0.348. The predicted octanol–water partition coefficient (Wildman–Crippen LogP) is 2.34. The van der Waals surface area contributed by atoms with E-state index < -0.39 is 0 Å². The van der Waals surface area contributed by atoms with Gasteiger partial charge >= 0.3 is 0 Å². The van der Waals surface area contributed by atoms with Crippen molar-refractivity contribution in [2.45, 2.75) is 38.4 Å². The van der Waals surface area contributed by atoms with Gasteiger partial charge in [-0.05, 0) is 42.5 Å². The minimum absolute atomic E-state index is 0.0335. The van der Waals surface area contributed by atoms with Crippen molar-refractivity contribution in [2.75, 3.05) is 13.1 Å². The second-order valence-electron chi connectivity index (χ2n) is 7.66. The quantitative estimate of drug-likeness (QED) is 0.851. The number of amides is 3. The molecule has 150 valence electrons. The van der Waals surface area contributed by atoms with Gasteiger partial charge in [0.15, 0.2) is 0 Å². The van der Waals surface area contributed by atoms with Crippen LogP contribution < -0.4 is 5.32 Å². The number of piperazine rings is 1. The molecule has 2 aliphatic rings. The Hall–Kier alpha value is -3.15. The van der Waals surface area contributed by atoms with E-state index in [1.165, 1.54) is 0 Å². The van der Waals surface area contributed by atoms with Gasteiger partial charge in [-0.2, -0.15) is 0 Å². The van der Waals surface area contributed by atoms with Gasteiger partial charge in [-0.1, -0.05) is 42.5 Å². The second-order valence-corrected chi connectivity index (χ2v) is 7.66. The highest BCUT2D eigenvalue weighted by molar-refractivity contribution is 5.95. The molecule has 2 aromatic carbocycles. The molecule has 0 aliphatic carbocycles. The third kappa shape index (κ3) is 4.31. The molecule has 2 aliphatic heterocycles. The summed E-state index contributed by atoms with van der Waals surface area (Å²) in [5, 5.41) is 2.91. The average molecular weight is 391 g/mol. The number of rotatable bonds is 5. The Morgan fingerprint density at radius 1 is 0.966 bits per heavy atom. The van der Waals surface area contributed by atoms with E-state index in [0.717, 1.165) is 30.4 Å². The third-order valence-corrected chi connectivity index (χ3v) is 5.63. The van der Waals surface area contributed by atoms with Crippen LogP contribution in [0, 0.1) is 0 Å². The van der Waals surface area contributed by atoms with E-state index in [-0.39, 0.29) is 30.3 Å². The molecule has 2 saturated heterocycles. The summed E-state index contributed by atoms with van der Waals surface area (Å²) < 4.78 is 0. The molecular weight excluding hydrogens is 366 g/mol. The first-order chi connectivity index (χ1) is 14.1. The highest BCUT2D eigenvalue weighted by Gasteiger charge is 2.40. The van der Waals surface area contributed by atoms with Crippen LogP contribution in [0.15, 0.2) is 54.6 Å². The van der Waals surface area contributed by atoms with Crippen LogP contribution in [0.2, 0.25) is 0 Å². The second kappa shape index (κ2) is 8.47. The highest BCUT2D eigenvalue weighted by atomic mass is 16.2. The molecule has 6 heteroatoms. The molecule has 3 amide bonds. The minimum atomic E-state index is -0.298. The van der Waals surface area contributed by atoms with Gasteiger partial charge in [-0.15, -0.1) is 0 Å². The molecule has 4 rings (SSSR count). The smallest absolute Gasteiger partial charge is 0.251 e. The number of carbonyl (C=O) groups is 3. The molecule has 0 spiro atoms. The molecule has 1 N–H and O–H groups in total. The number of benzene rings is 2. The zero-order chi connectivity index (χ0) is 20.2. The molecule has 29 heavy (non-hydrogen) atoms. The third-order valence-electron chi connectivity index (χ3n) is 5.63. The summed E-state index contributed by atoms with van der Waals surface area (Å²) in [4.78, 5) is 40.9. The van der Waals surface area contributed by atoms with Gasteiger partial charge in [0.05, 0.1) is 0 Å². The van der Waals surface area contributed by atoms with Crippen molar-refractivity contribution >= 4 is 17.7 Å². The van der Waals surface area contributed by atoms with E-state index in [4.69, 9.17) is 0 Å². The number of hydrogen-bond acceptors (Lipinski definition) is 3. The molecule has 2 fully saturated rings. The lowest BCUT2D eigenvalue weighted by molar-refractivity contribution is -0.158. The van der Waals surface area contributed by atoms with Crippen LogP contribution in [0.25, 0.3) is 0 Å². The SMILES string of the molecule is O=C(NCc1ccccc1)c1ccc(CN2CC(=O)N3CCCC[C@@H]3C2=O)cc1. The van der Waals surface area contributed by atoms with E-state index in [2.05, 4.69) is 5.32 Å². The van der Waals surface area contributed by atoms with Crippen LogP contribution in [0.1, 0.15) is 40.7 Å². The molecular formula is C23H25N3O3. The van der Waals surface area contributed by atoms with E-state index in [1.54, 1.807) is 21.9 Å². The lowest BCUT2D eigenvalue weighted by atomic mass is 9.98. The van der Waals surface area contributed by atoms with Crippen LogP contribution in [0.4, 0.5) is 0 Å². The molecule has 0 bridgehead atoms. The maximum Gasteiger partial charge on any atom is 0.251 e. The number of fused-ring (bicyclic) bond motifs is 1. The van der Waals surface area contributed by atoms with Crippen LogP contribution in [-0.4, -0.2) is 46.7 Å². The molecule has 0 radical (unpaired) electrons. The standard InChI is InChI=1S/C23H25N3O3/c27-21-16-25(23(29)20-8-4-5-13-26(20)21)15-18-9-11-19(12-10-18)22(28)24-14-17-6-2-1-3-7-17/h1-3,6-7,9-12,20H,4-5,8,13-16H2,(H,24,28)/t20-/m1/s1. The van der Waals surface area contributed by atoms with Crippen molar-refractivity contribution in [1.29, 1.82) is 0 Å². The van der Waals surface area contributed by atoms with Crippen molar-refractivity contribution < 1.29 is 14.4 Å². The number of nitrogens with zero attached hydrogens (tertiary/aromatic N) is 2. The maximum atomic E-state index is 12.8. The Morgan fingerprint density at radius 3 is 2.48 bits per heavy atom. The zero-order valence-corrected chi connectivity index (χ0v) is 16.3. The van der Waals surface area contributed by atoms with Gasteiger partial charge in [0, 0.05) is 25.2 Å². The summed E-state index contributed by atoms with van der Waals surface area (Å²) in [5.41, 5.74) is 2.53. The number of nitrogens with one attached hydrogen (secondary N) is 1. The van der Waals surface area contributed by atoms with Gasteiger partial charge in [-0.3, -0.25) is 14.4 Å². The maximum absolute atomic E-state index is 12.8. The first-order valence-corrected chi connectivity index (χ1v) is 10.1. The van der Waals surface area contributed by atoms with Gasteiger partial charge in [-0.25, -0.2) is 0 Å². The van der Waals surface area contributed by atoms with Crippen LogP contribution in [0.3, 0.4) is 0 Å². The van der Waals surface area contributed by atoms with E-state index in [9.17, 15) is 14.4 Å². The summed E-state index contributed by atoms with van der Waals surface area (Å²) >= 11 is 0. The normalized spacial score (nSPS) is 19.1. The fourth-order valence-electron chi connectivity index (χ4n) is 4.03. The summed E-state index contributed by atoms with van der Waals surface area (Å²) in [7, 11) is 0. The Kier molecular flexibility index (Phi) is 5.60. The van der Waals surface area contributed by atoms with Crippen molar-refractivity contribution in [3.05, 3.63) is 71.3 Å². The van der Waals surface area contributed by atoms with Crippen molar-refractivity contribution in [3.63, 3.8) is 0 Å². The van der Waals surface area contributed by atoms with E-state index in [1.807, 2.05) is 42.5 Å².